The lowest BCUT2D eigenvalue weighted by molar-refractivity contribution is 0.101. The second kappa shape index (κ2) is 23.7. The molecular formula is C53H56Cl2N12O4. The summed E-state index contributed by atoms with van der Waals surface area (Å²) in [5.41, 5.74) is 5.39. The smallest absolute Gasteiger partial charge is 0.259 e. The highest BCUT2D eigenvalue weighted by atomic mass is 35.5. The predicted octanol–water partition coefficient (Wildman–Crippen LogP) is 9.84. The minimum atomic E-state index is -0.409. The van der Waals surface area contributed by atoms with Gasteiger partial charge in [0.05, 0.1) is 32.5 Å². The summed E-state index contributed by atoms with van der Waals surface area (Å²) in [6.07, 6.45) is 8.49. The van der Waals surface area contributed by atoms with Crippen molar-refractivity contribution < 1.29 is 19.2 Å². The van der Waals surface area contributed by atoms with Gasteiger partial charge >= 0.3 is 0 Å². The maximum atomic E-state index is 13.1. The molecule has 2 aromatic heterocycles. The molecule has 0 spiro atoms. The molecule has 6 N–H and O–H groups in total. The number of rotatable bonds is 12. The van der Waals surface area contributed by atoms with Gasteiger partial charge in [-0.3, -0.25) is 30.0 Å². The summed E-state index contributed by atoms with van der Waals surface area (Å²) in [6, 6.07) is 30.9. The van der Waals surface area contributed by atoms with Crippen molar-refractivity contribution in [3.63, 3.8) is 0 Å². The summed E-state index contributed by atoms with van der Waals surface area (Å²) in [5.74, 6) is 0.149. The number of piperidine rings is 1. The zero-order valence-electron chi connectivity index (χ0n) is 40.0. The van der Waals surface area contributed by atoms with Gasteiger partial charge < -0.3 is 40.9 Å². The first-order valence-corrected chi connectivity index (χ1v) is 23.9. The van der Waals surface area contributed by atoms with Crippen molar-refractivity contribution in [3.05, 3.63) is 165 Å². The molecule has 4 heterocycles. The molecule has 0 bridgehead atoms. The number of amides is 4. The fraction of sp³-hybridized carbons (Fsp3) is 0.245. The van der Waals surface area contributed by atoms with Gasteiger partial charge in [-0.1, -0.05) is 47.5 Å². The third-order valence-electron chi connectivity index (χ3n) is 11.9. The molecular weight excluding hydrogens is 940 g/mol. The first-order chi connectivity index (χ1) is 34.1. The van der Waals surface area contributed by atoms with Crippen molar-refractivity contribution in [1.29, 1.82) is 10.8 Å². The number of nitrogens with zero attached hydrogens (tertiary/aromatic N) is 6. The van der Waals surface area contributed by atoms with Crippen molar-refractivity contribution in [1.82, 2.24) is 19.8 Å². The first kappa shape index (κ1) is 51.0. The lowest BCUT2D eigenvalue weighted by Crippen LogP contribution is -2.35. The topological polar surface area (TPSA) is 203 Å². The fourth-order valence-electron chi connectivity index (χ4n) is 7.85. The lowest BCUT2D eigenvalue weighted by atomic mass is 10.1. The molecule has 0 radical (unpaired) electrons. The second-order valence-electron chi connectivity index (χ2n) is 17.4. The number of carbonyl (C=O) groups is 4. The zero-order valence-corrected chi connectivity index (χ0v) is 41.5. The predicted molar refractivity (Wildman–Crippen MR) is 285 cm³/mol. The number of hydrogen-bond acceptors (Lipinski definition) is 10. The zero-order chi connectivity index (χ0) is 50.6. The third-order valence-corrected chi connectivity index (χ3v) is 12.3. The highest BCUT2D eigenvalue weighted by Gasteiger charge is 2.21. The highest BCUT2D eigenvalue weighted by Crippen LogP contribution is 2.27. The first-order valence-electron chi connectivity index (χ1n) is 23.1. The highest BCUT2D eigenvalue weighted by molar-refractivity contribution is 6.30. The van der Waals surface area contributed by atoms with Crippen molar-refractivity contribution in [3.8, 4) is 0 Å². The summed E-state index contributed by atoms with van der Waals surface area (Å²) in [6.45, 7) is 3.56. The van der Waals surface area contributed by atoms with Gasteiger partial charge in [0.1, 0.15) is 23.3 Å². The molecule has 366 valence electrons. The number of nitrogens with one attached hydrogen (secondary N) is 6. The number of hydrogen-bond donors (Lipinski definition) is 6. The molecule has 18 heteroatoms. The van der Waals surface area contributed by atoms with E-state index < -0.39 is 11.8 Å². The van der Waals surface area contributed by atoms with Crippen LogP contribution in [0.4, 0.5) is 34.4 Å². The van der Waals surface area contributed by atoms with Crippen LogP contribution in [-0.4, -0.2) is 109 Å². The van der Waals surface area contributed by atoms with Crippen LogP contribution in [0, 0.1) is 10.8 Å². The minimum Gasteiger partial charge on any atom is -0.378 e. The van der Waals surface area contributed by atoms with Crippen LogP contribution in [0.1, 0.15) is 84.7 Å². The fourth-order valence-corrected chi connectivity index (χ4v) is 8.08. The molecule has 4 amide bonds. The Labute approximate surface area is 423 Å². The Bertz CT molecular complexity index is 2880. The number of benzene rings is 4. The lowest BCUT2D eigenvalue weighted by Gasteiger charge is -2.29. The van der Waals surface area contributed by atoms with Gasteiger partial charge in [0.15, 0.2) is 0 Å². The molecule has 16 nitrogen and oxygen atoms in total. The van der Waals surface area contributed by atoms with Crippen LogP contribution >= 0.6 is 23.2 Å². The van der Waals surface area contributed by atoms with Crippen LogP contribution in [0.2, 0.25) is 10.0 Å². The number of likely N-dealkylation sites (tertiary alicyclic amines) is 2. The van der Waals surface area contributed by atoms with Crippen molar-refractivity contribution in [2.75, 3.05) is 85.4 Å². The second-order valence-corrected chi connectivity index (χ2v) is 18.3. The molecule has 2 fully saturated rings. The summed E-state index contributed by atoms with van der Waals surface area (Å²) in [5, 5.41) is 29.0. The maximum absolute atomic E-state index is 13.1. The normalized spacial score (nSPS) is 13.0. The van der Waals surface area contributed by atoms with E-state index in [0.29, 0.717) is 67.0 Å². The Morgan fingerprint density at radius 2 is 0.817 bits per heavy atom. The average molecular weight is 996 g/mol. The Hall–Kier alpha value is -7.82. The van der Waals surface area contributed by atoms with Crippen LogP contribution in [0.3, 0.4) is 0 Å². The number of carbonyl (C=O) groups excluding carboxylic acids is 4. The van der Waals surface area contributed by atoms with Crippen molar-refractivity contribution in [2.24, 2.45) is 0 Å². The Morgan fingerprint density at radius 3 is 1.15 bits per heavy atom. The molecule has 0 unspecified atom stereocenters. The largest absolute Gasteiger partial charge is 0.378 e. The number of halogens is 2. The molecule has 4 aromatic carbocycles. The molecule has 71 heavy (non-hydrogen) atoms. The SMILES string of the molecule is CN(C)c1ccc(NC(=O)c2ccc(C(=N)N3CCCC3)cc2)c(C(=O)Nc2ccc(Cl)cn2)c1.CN(C)c1ccc(NC(=O)c2ccc(C(=N)N3CCCCC3)cc2)c(C(=O)Nc2ccc(Cl)cn2)c1. The summed E-state index contributed by atoms with van der Waals surface area (Å²) in [7, 11) is 7.49. The summed E-state index contributed by atoms with van der Waals surface area (Å²) < 4.78 is 0. The van der Waals surface area contributed by atoms with Crippen LogP contribution in [-0.2, 0) is 0 Å². The van der Waals surface area contributed by atoms with Crippen LogP contribution in [0.5, 0.6) is 0 Å². The Kier molecular flexibility index (Phi) is 17.0. The van der Waals surface area contributed by atoms with E-state index in [0.717, 1.165) is 74.4 Å². The number of anilines is 6. The van der Waals surface area contributed by atoms with E-state index in [-0.39, 0.29) is 11.8 Å². The Morgan fingerprint density at radius 1 is 0.465 bits per heavy atom. The molecule has 0 saturated carbocycles. The molecule has 2 aliphatic heterocycles. The molecule has 0 aliphatic carbocycles. The van der Waals surface area contributed by atoms with Gasteiger partial charge in [0.2, 0.25) is 0 Å². The molecule has 2 aliphatic rings. The standard InChI is InChI=1S/C27H29ClN6O2.C26H27ClN6O2/c1-33(2)21-11-12-23(22(16-21)27(36)32-24-13-10-20(28)17-30-24)31-26(35)19-8-6-18(7-9-19)25(29)34-14-4-3-5-15-34;1-32(2)20-10-11-22(21(15-20)26(35)31-23-12-9-19(27)16-29-23)30-25(34)18-7-5-17(6-8-18)24(28)33-13-3-4-14-33/h6-13,16-17,29H,3-5,14-15H2,1-2H3,(H,31,35)(H,30,32,36);5-12,15-16,28H,3-4,13-14H2,1-2H3,(H,30,34)(H,29,31,35). The van der Waals surface area contributed by atoms with Crippen molar-refractivity contribution in [2.45, 2.75) is 32.1 Å². The molecule has 8 rings (SSSR count). The minimum absolute atomic E-state index is 0.300. The average Bonchev–Trinajstić information content (AvgIpc) is 3.93. The van der Waals surface area contributed by atoms with Gasteiger partial charge in [0.25, 0.3) is 23.6 Å². The maximum Gasteiger partial charge on any atom is 0.259 e. The van der Waals surface area contributed by atoms with E-state index in [1.54, 1.807) is 97.1 Å². The van der Waals surface area contributed by atoms with E-state index in [1.165, 1.54) is 18.8 Å². The number of amidine groups is 2. The van der Waals surface area contributed by atoms with E-state index in [9.17, 15) is 19.2 Å². The van der Waals surface area contributed by atoms with Crippen LogP contribution < -0.4 is 31.1 Å². The van der Waals surface area contributed by atoms with Gasteiger partial charge in [0, 0.05) is 100 Å². The van der Waals surface area contributed by atoms with E-state index in [1.807, 2.05) is 55.0 Å². The number of aromatic nitrogens is 2. The van der Waals surface area contributed by atoms with Gasteiger partial charge in [-0.15, -0.1) is 0 Å². The molecule has 0 atom stereocenters. The third kappa shape index (κ3) is 13.5. The molecule has 2 saturated heterocycles. The van der Waals surface area contributed by atoms with E-state index in [4.69, 9.17) is 34.0 Å². The van der Waals surface area contributed by atoms with Gasteiger partial charge in [-0.2, -0.15) is 0 Å². The van der Waals surface area contributed by atoms with Crippen molar-refractivity contribution >= 4 is 92.9 Å². The molecule has 6 aromatic rings. The van der Waals surface area contributed by atoms with Gasteiger partial charge in [-0.25, -0.2) is 9.97 Å². The van der Waals surface area contributed by atoms with Gasteiger partial charge in [-0.05, 0) is 117 Å². The Balaban J connectivity index is 0.000000209. The van der Waals surface area contributed by atoms with Crippen LogP contribution in [0.15, 0.2) is 122 Å². The monoisotopic (exact) mass is 994 g/mol. The quantitative estimate of drug-likeness (QED) is 0.0506. The summed E-state index contributed by atoms with van der Waals surface area (Å²) >= 11 is 11.8. The summed E-state index contributed by atoms with van der Waals surface area (Å²) in [4.78, 5) is 68.3. The van der Waals surface area contributed by atoms with E-state index in [2.05, 4.69) is 36.1 Å². The number of pyridine rings is 2. The van der Waals surface area contributed by atoms with Crippen LogP contribution in [0.25, 0.3) is 0 Å². The van der Waals surface area contributed by atoms with E-state index >= 15 is 0 Å².